The van der Waals surface area contributed by atoms with Crippen molar-refractivity contribution in [2.45, 2.75) is 82.3 Å². The van der Waals surface area contributed by atoms with Crippen molar-refractivity contribution in [3.63, 3.8) is 0 Å². The van der Waals surface area contributed by atoms with Gasteiger partial charge in [0.1, 0.15) is 12.6 Å². The van der Waals surface area contributed by atoms with E-state index in [2.05, 4.69) is 0 Å². The number of halogens is 1. The van der Waals surface area contributed by atoms with Crippen molar-refractivity contribution in [1.29, 1.82) is 0 Å². The standard InChI is InChI=1S/C22H29ClN2O2/c23-17-13-11-16(12-14-17)21-22(27)24(18-7-3-1-4-8-18)15-20(26)25(21)19-9-5-2-6-10-19/h11-14,18-19,21H,1-10,15H2/t21-/m1/s1. The summed E-state index contributed by atoms with van der Waals surface area (Å²) in [6, 6.07) is 7.40. The fourth-order valence-electron chi connectivity index (χ4n) is 5.15. The van der Waals surface area contributed by atoms with Crippen molar-refractivity contribution in [2.24, 2.45) is 0 Å². The van der Waals surface area contributed by atoms with Crippen LogP contribution in [0.3, 0.4) is 0 Å². The molecule has 1 atom stereocenters. The zero-order valence-electron chi connectivity index (χ0n) is 15.9. The third-order valence-electron chi connectivity index (χ3n) is 6.56. The molecule has 2 saturated carbocycles. The van der Waals surface area contributed by atoms with Gasteiger partial charge < -0.3 is 9.80 Å². The minimum Gasteiger partial charge on any atom is -0.328 e. The Bertz CT molecular complexity index is 678. The molecule has 4 rings (SSSR count). The number of rotatable bonds is 3. The van der Waals surface area contributed by atoms with Gasteiger partial charge >= 0.3 is 0 Å². The van der Waals surface area contributed by atoms with E-state index < -0.39 is 6.04 Å². The van der Waals surface area contributed by atoms with E-state index >= 15 is 0 Å². The molecule has 27 heavy (non-hydrogen) atoms. The fraction of sp³-hybridized carbons (Fsp3) is 0.636. The van der Waals surface area contributed by atoms with Crippen molar-refractivity contribution in [2.75, 3.05) is 6.54 Å². The Balaban J connectivity index is 1.67. The lowest BCUT2D eigenvalue weighted by molar-refractivity contribution is -0.162. The maximum Gasteiger partial charge on any atom is 0.250 e. The van der Waals surface area contributed by atoms with Crippen LogP contribution in [-0.2, 0) is 9.59 Å². The van der Waals surface area contributed by atoms with Crippen molar-refractivity contribution >= 4 is 23.4 Å². The first-order valence-corrected chi connectivity index (χ1v) is 10.9. The predicted molar refractivity (Wildman–Crippen MR) is 106 cm³/mol. The lowest BCUT2D eigenvalue weighted by atomic mass is 9.88. The summed E-state index contributed by atoms with van der Waals surface area (Å²) in [5.41, 5.74) is 0.892. The molecule has 0 N–H and O–H groups in total. The number of carbonyl (C=O) groups is 2. The highest BCUT2D eigenvalue weighted by Gasteiger charge is 2.45. The summed E-state index contributed by atoms with van der Waals surface area (Å²) >= 11 is 6.08. The predicted octanol–water partition coefficient (Wildman–Crippen LogP) is 4.72. The molecule has 0 bridgehead atoms. The molecule has 1 saturated heterocycles. The number of benzene rings is 1. The molecule has 146 valence electrons. The molecule has 0 unspecified atom stereocenters. The lowest BCUT2D eigenvalue weighted by Crippen LogP contribution is -2.61. The van der Waals surface area contributed by atoms with Crippen LogP contribution >= 0.6 is 11.6 Å². The van der Waals surface area contributed by atoms with E-state index in [9.17, 15) is 9.59 Å². The van der Waals surface area contributed by atoms with Crippen LogP contribution < -0.4 is 0 Å². The second-order valence-corrected chi connectivity index (χ2v) is 8.74. The molecule has 1 aromatic carbocycles. The third kappa shape index (κ3) is 3.87. The molecule has 3 aliphatic rings. The quantitative estimate of drug-likeness (QED) is 0.751. The molecule has 2 aliphatic carbocycles. The van der Waals surface area contributed by atoms with Crippen LogP contribution in [0, 0.1) is 0 Å². The second-order valence-electron chi connectivity index (χ2n) is 8.30. The van der Waals surface area contributed by atoms with Crippen LogP contribution in [0.15, 0.2) is 24.3 Å². The van der Waals surface area contributed by atoms with Gasteiger partial charge in [-0.3, -0.25) is 9.59 Å². The summed E-state index contributed by atoms with van der Waals surface area (Å²) in [6.45, 7) is 0.254. The highest BCUT2D eigenvalue weighted by Crippen LogP contribution is 2.37. The fourth-order valence-corrected chi connectivity index (χ4v) is 5.27. The van der Waals surface area contributed by atoms with E-state index in [1.165, 1.54) is 12.8 Å². The maximum absolute atomic E-state index is 13.6. The van der Waals surface area contributed by atoms with Gasteiger partial charge in [-0.1, -0.05) is 62.3 Å². The molecule has 3 fully saturated rings. The zero-order chi connectivity index (χ0) is 18.8. The van der Waals surface area contributed by atoms with Crippen LogP contribution in [0.1, 0.15) is 75.8 Å². The highest BCUT2D eigenvalue weighted by molar-refractivity contribution is 6.30. The largest absolute Gasteiger partial charge is 0.328 e. The van der Waals surface area contributed by atoms with E-state index in [1.54, 1.807) is 0 Å². The van der Waals surface area contributed by atoms with Crippen molar-refractivity contribution in [3.05, 3.63) is 34.9 Å². The highest BCUT2D eigenvalue weighted by atomic mass is 35.5. The average Bonchev–Trinajstić information content (AvgIpc) is 2.71. The second kappa shape index (κ2) is 8.22. The molecule has 1 aromatic rings. The minimum absolute atomic E-state index is 0.106. The normalized spacial score (nSPS) is 25.9. The Hall–Kier alpha value is -1.55. The Kier molecular flexibility index (Phi) is 5.72. The Morgan fingerprint density at radius 2 is 1.33 bits per heavy atom. The molecule has 2 amide bonds. The van der Waals surface area contributed by atoms with Gasteiger partial charge in [0.2, 0.25) is 5.91 Å². The van der Waals surface area contributed by atoms with Crippen molar-refractivity contribution in [1.82, 2.24) is 9.80 Å². The number of nitrogens with zero attached hydrogens (tertiary/aromatic N) is 2. The van der Waals surface area contributed by atoms with Gasteiger partial charge in [0.05, 0.1) is 0 Å². The first kappa shape index (κ1) is 18.8. The first-order valence-electron chi connectivity index (χ1n) is 10.5. The summed E-state index contributed by atoms with van der Waals surface area (Å²) in [6.07, 6.45) is 11.1. The summed E-state index contributed by atoms with van der Waals surface area (Å²) < 4.78 is 0. The van der Waals surface area contributed by atoms with E-state index in [1.807, 2.05) is 34.1 Å². The van der Waals surface area contributed by atoms with Crippen LogP contribution in [0.5, 0.6) is 0 Å². The van der Waals surface area contributed by atoms with Gasteiger partial charge in [-0.2, -0.15) is 0 Å². The first-order chi connectivity index (χ1) is 13.1. The van der Waals surface area contributed by atoms with E-state index in [-0.39, 0.29) is 30.4 Å². The number of hydrogen-bond donors (Lipinski definition) is 0. The summed E-state index contributed by atoms with van der Waals surface area (Å²) in [5.74, 6) is 0.224. The maximum atomic E-state index is 13.6. The van der Waals surface area contributed by atoms with Crippen LogP contribution in [0.25, 0.3) is 0 Å². The monoisotopic (exact) mass is 388 g/mol. The molecular weight excluding hydrogens is 360 g/mol. The smallest absolute Gasteiger partial charge is 0.250 e. The summed E-state index contributed by atoms with van der Waals surface area (Å²) in [5, 5.41) is 0.654. The summed E-state index contributed by atoms with van der Waals surface area (Å²) in [4.78, 5) is 30.7. The number of amides is 2. The molecule has 0 radical (unpaired) electrons. The van der Waals surface area contributed by atoms with Gasteiger partial charge in [-0.15, -0.1) is 0 Å². The Morgan fingerprint density at radius 3 is 1.93 bits per heavy atom. The zero-order valence-corrected chi connectivity index (χ0v) is 16.7. The van der Waals surface area contributed by atoms with E-state index in [4.69, 9.17) is 11.6 Å². The van der Waals surface area contributed by atoms with Crippen LogP contribution in [0.2, 0.25) is 5.02 Å². The van der Waals surface area contributed by atoms with Gasteiger partial charge in [0, 0.05) is 17.1 Å². The van der Waals surface area contributed by atoms with E-state index in [0.29, 0.717) is 5.02 Å². The number of hydrogen-bond acceptors (Lipinski definition) is 2. The summed E-state index contributed by atoms with van der Waals surface area (Å²) in [7, 11) is 0. The molecule has 1 aliphatic heterocycles. The van der Waals surface area contributed by atoms with Gasteiger partial charge in [0.25, 0.3) is 5.91 Å². The Labute approximate surface area is 166 Å². The van der Waals surface area contributed by atoms with Crippen LogP contribution in [-0.4, -0.2) is 40.2 Å². The molecule has 0 spiro atoms. The van der Waals surface area contributed by atoms with Crippen molar-refractivity contribution < 1.29 is 9.59 Å². The lowest BCUT2D eigenvalue weighted by Gasteiger charge is -2.48. The topological polar surface area (TPSA) is 40.6 Å². The molecule has 5 heteroatoms. The number of carbonyl (C=O) groups excluding carboxylic acids is 2. The SMILES string of the molecule is O=C1[C@@H](c2ccc(Cl)cc2)N(C2CCCCC2)C(=O)CN1C1CCCCC1. The molecule has 0 aromatic heterocycles. The molecule has 1 heterocycles. The molecule has 4 nitrogen and oxygen atoms in total. The number of piperazine rings is 1. The van der Waals surface area contributed by atoms with Gasteiger partial charge in [0.15, 0.2) is 0 Å². The minimum atomic E-state index is -0.492. The average molecular weight is 389 g/mol. The van der Waals surface area contributed by atoms with Gasteiger partial charge in [-0.05, 0) is 43.4 Å². The third-order valence-corrected chi connectivity index (χ3v) is 6.81. The Morgan fingerprint density at radius 1 is 0.778 bits per heavy atom. The van der Waals surface area contributed by atoms with Crippen LogP contribution in [0.4, 0.5) is 0 Å². The van der Waals surface area contributed by atoms with Gasteiger partial charge in [-0.25, -0.2) is 0 Å². The van der Waals surface area contributed by atoms with E-state index in [0.717, 1.165) is 56.9 Å². The molecular formula is C22H29ClN2O2. The van der Waals surface area contributed by atoms with Crippen molar-refractivity contribution in [3.8, 4) is 0 Å².